The number of nitrogens with zero attached hydrogens (tertiary/aromatic N) is 6. The van der Waals surface area contributed by atoms with Crippen LogP contribution in [0.25, 0.3) is 11.1 Å². The predicted molar refractivity (Wildman–Crippen MR) is 126 cm³/mol. The van der Waals surface area contributed by atoms with Crippen molar-refractivity contribution in [1.82, 2.24) is 24.5 Å². The molecule has 1 atom stereocenters. The Hall–Kier alpha value is -3.13. The minimum Gasteiger partial charge on any atom is -0.377 e. The van der Waals surface area contributed by atoms with Crippen LogP contribution in [0.2, 0.25) is 0 Å². The van der Waals surface area contributed by atoms with Gasteiger partial charge in [-0.15, -0.1) is 0 Å². The smallest absolute Gasteiger partial charge is 0.219 e. The molecule has 172 valence electrons. The summed E-state index contributed by atoms with van der Waals surface area (Å²) in [6.07, 6.45) is 5.88. The molecule has 0 saturated carbocycles. The van der Waals surface area contributed by atoms with Crippen LogP contribution in [0.15, 0.2) is 30.6 Å². The quantitative estimate of drug-likeness (QED) is 0.617. The summed E-state index contributed by atoms with van der Waals surface area (Å²) in [6, 6.07) is 7.03. The van der Waals surface area contributed by atoms with Gasteiger partial charge in [0, 0.05) is 62.2 Å². The molecule has 1 unspecified atom stereocenters. The maximum Gasteiger partial charge on any atom is 0.219 e. The Kier molecular flexibility index (Phi) is 4.79. The molecule has 0 bridgehead atoms. The highest BCUT2D eigenvalue weighted by atomic mass is 16.5. The molecule has 33 heavy (non-hydrogen) atoms. The van der Waals surface area contributed by atoms with Crippen LogP contribution in [0.5, 0.6) is 0 Å². The summed E-state index contributed by atoms with van der Waals surface area (Å²) in [5.41, 5.74) is 7.35. The van der Waals surface area contributed by atoms with Crippen LogP contribution in [0, 0.1) is 0 Å². The highest BCUT2D eigenvalue weighted by Crippen LogP contribution is 2.43. The van der Waals surface area contributed by atoms with Crippen molar-refractivity contribution in [1.29, 1.82) is 0 Å². The van der Waals surface area contributed by atoms with Crippen LogP contribution in [-0.2, 0) is 29.5 Å². The maximum absolute atomic E-state index is 12.2. The molecule has 0 aliphatic carbocycles. The summed E-state index contributed by atoms with van der Waals surface area (Å²) in [5.74, 6) is 1.60. The Labute approximate surface area is 193 Å². The Morgan fingerprint density at radius 2 is 2.03 bits per heavy atom. The Bertz CT molecular complexity index is 1220. The highest BCUT2D eigenvalue weighted by molar-refractivity contribution is 5.76. The monoisotopic (exact) mass is 446 g/mol. The third-order valence-electron chi connectivity index (χ3n) is 7.41. The molecule has 3 aromatic rings. The fourth-order valence-electron chi connectivity index (χ4n) is 5.34. The highest BCUT2D eigenvalue weighted by Gasteiger charge is 2.35. The number of hydrogen-bond donors (Lipinski definition) is 0. The van der Waals surface area contributed by atoms with Crippen molar-refractivity contribution in [3.63, 3.8) is 0 Å². The number of aryl methyl sites for hydroxylation is 1. The number of amides is 1. The molecular formula is C25H30N6O2. The van der Waals surface area contributed by atoms with Gasteiger partial charge in [0.1, 0.15) is 0 Å². The zero-order chi connectivity index (χ0) is 22.7. The first-order chi connectivity index (χ1) is 16.0. The van der Waals surface area contributed by atoms with Crippen molar-refractivity contribution in [3.8, 4) is 11.1 Å². The molecular weight excluding hydrogens is 416 g/mol. The molecule has 1 saturated heterocycles. The van der Waals surface area contributed by atoms with Crippen molar-refractivity contribution in [2.75, 3.05) is 31.2 Å². The largest absolute Gasteiger partial charge is 0.377 e. The number of carbonyl (C=O) groups excluding carboxylic acids is 1. The Morgan fingerprint density at radius 3 is 2.73 bits per heavy atom. The lowest BCUT2D eigenvalue weighted by molar-refractivity contribution is -0.129. The topological polar surface area (TPSA) is 68.4 Å². The van der Waals surface area contributed by atoms with Gasteiger partial charge in [-0.25, -0.2) is 0 Å². The van der Waals surface area contributed by atoms with Crippen LogP contribution in [0.1, 0.15) is 49.0 Å². The number of rotatable bonds is 3. The van der Waals surface area contributed by atoms with E-state index in [0.29, 0.717) is 31.7 Å². The number of carbonyl (C=O) groups is 1. The fraction of sp³-hybridized carbons (Fsp3) is 0.480. The lowest BCUT2D eigenvalue weighted by Gasteiger charge is -2.35. The second-order valence-corrected chi connectivity index (χ2v) is 9.59. The first-order valence-corrected chi connectivity index (χ1v) is 11.8. The molecule has 3 aliphatic rings. The third-order valence-corrected chi connectivity index (χ3v) is 7.41. The second kappa shape index (κ2) is 7.73. The van der Waals surface area contributed by atoms with E-state index >= 15 is 0 Å². The molecule has 2 aromatic heterocycles. The molecule has 0 spiro atoms. The van der Waals surface area contributed by atoms with Crippen LogP contribution in [-0.4, -0.2) is 56.7 Å². The van der Waals surface area contributed by atoms with Crippen molar-refractivity contribution in [3.05, 3.63) is 47.4 Å². The van der Waals surface area contributed by atoms with Crippen molar-refractivity contribution >= 4 is 17.4 Å². The molecule has 0 radical (unpaired) electrons. The zero-order valence-corrected chi connectivity index (χ0v) is 19.5. The molecule has 1 fully saturated rings. The lowest BCUT2D eigenvalue weighted by atomic mass is 9.89. The van der Waals surface area contributed by atoms with E-state index in [1.54, 1.807) is 6.92 Å². The number of benzene rings is 1. The summed E-state index contributed by atoms with van der Waals surface area (Å²) >= 11 is 0. The van der Waals surface area contributed by atoms with E-state index in [1.165, 1.54) is 28.1 Å². The normalized spacial score (nSPS) is 20.4. The van der Waals surface area contributed by atoms with Gasteiger partial charge in [-0.1, -0.05) is 13.0 Å². The molecule has 0 N–H and O–H groups in total. The summed E-state index contributed by atoms with van der Waals surface area (Å²) in [7, 11) is 1.95. The SMILES string of the molecule is CC(=O)N1CCc2c(c(N3CCC(C)c4cc(-c5cnn(C)c5)ccc43)nn2C2COC2)C1. The summed E-state index contributed by atoms with van der Waals surface area (Å²) in [5, 5.41) is 9.49. The fourth-order valence-corrected chi connectivity index (χ4v) is 5.34. The standard InChI is InChI=1S/C25H30N6O2/c1-16-6-9-30(23-5-4-18(10-21(16)23)19-11-26-28(3)12-19)25-22-13-29(17(2)32)8-7-24(22)31(27-25)20-14-33-15-20/h4-5,10-12,16,20H,6-9,13-15H2,1-3H3. The minimum absolute atomic E-state index is 0.125. The minimum atomic E-state index is 0.125. The van der Waals surface area contributed by atoms with Crippen LogP contribution < -0.4 is 4.90 Å². The second-order valence-electron chi connectivity index (χ2n) is 9.59. The van der Waals surface area contributed by atoms with Gasteiger partial charge in [0.25, 0.3) is 0 Å². The number of fused-ring (bicyclic) bond motifs is 2. The molecule has 3 aliphatic heterocycles. The molecule has 8 nitrogen and oxygen atoms in total. The summed E-state index contributed by atoms with van der Waals surface area (Å²) in [4.78, 5) is 16.5. The van der Waals surface area contributed by atoms with E-state index < -0.39 is 0 Å². The summed E-state index contributed by atoms with van der Waals surface area (Å²) < 4.78 is 9.51. The summed E-state index contributed by atoms with van der Waals surface area (Å²) in [6.45, 7) is 7.70. The van der Waals surface area contributed by atoms with Gasteiger partial charge in [0.05, 0.1) is 32.0 Å². The van der Waals surface area contributed by atoms with Crippen LogP contribution in [0.4, 0.5) is 11.5 Å². The van der Waals surface area contributed by atoms with Gasteiger partial charge in [-0.2, -0.15) is 10.2 Å². The van der Waals surface area contributed by atoms with E-state index in [9.17, 15) is 4.79 Å². The van der Waals surface area contributed by atoms with Crippen molar-refractivity contribution in [2.24, 2.45) is 7.05 Å². The van der Waals surface area contributed by atoms with Gasteiger partial charge < -0.3 is 14.5 Å². The molecule has 6 rings (SSSR count). The third kappa shape index (κ3) is 3.35. The molecule has 8 heteroatoms. The van der Waals surface area contributed by atoms with Crippen LogP contribution in [0.3, 0.4) is 0 Å². The Balaban J connectivity index is 1.43. The average molecular weight is 447 g/mol. The van der Waals surface area contributed by atoms with E-state index in [0.717, 1.165) is 37.3 Å². The molecule has 5 heterocycles. The first-order valence-electron chi connectivity index (χ1n) is 11.8. The van der Waals surface area contributed by atoms with Crippen LogP contribution >= 0.6 is 0 Å². The maximum atomic E-state index is 12.2. The molecule has 1 aromatic carbocycles. The predicted octanol–water partition coefficient (Wildman–Crippen LogP) is 3.40. The number of ether oxygens (including phenoxy) is 1. The van der Waals surface area contributed by atoms with Gasteiger partial charge in [0.2, 0.25) is 5.91 Å². The number of hydrogen-bond acceptors (Lipinski definition) is 5. The van der Waals surface area contributed by atoms with Gasteiger partial charge in [0.15, 0.2) is 5.82 Å². The van der Waals surface area contributed by atoms with E-state index in [4.69, 9.17) is 9.84 Å². The van der Waals surface area contributed by atoms with E-state index in [1.807, 2.05) is 22.8 Å². The Morgan fingerprint density at radius 1 is 1.18 bits per heavy atom. The average Bonchev–Trinajstić information content (AvgIpc) is 3.37. The van der Waals surface area contributed by atoms with Gasteiger partial charge in [-0.3, -0.25) is 14.2 Å². The number of anilines is 2. The van der Waals surface area contributed by atoms with Crippen molar-refractivity contribution < 1.29 is 9.53 Å². The zero-order valence-electron chi connectivity index (χ0n) is 19.5. The number of aromatic nitrogens is 4. The van der Waals surface area contributed by atoms with Gasteiger partial charge in [-0.05, 0) is 35.6 Å². The molecule has 1 amide bonds. The van der Waals surface area contributed by atoms with Gasteiger partial charge >= 0.3 is 0 Å². The lowest BCUT2D eigenvalue weighted by Crippen LogP contribution is -2.37. The van der Waals surface area contributed by atoms with E-state index in [2.05, 4.69) is 46.0 Å². The first kappa shape index (κ1) is 20.5. The van der Waals surface area contributed by atoms with E-state index in [-0.39, 0.29) is 5.91 Å². The van der Waals surface area contributed by atoms with Crippen molar-refractivity contribution in [2.45, 2.75) is 45.2 Å².